The first-order chi connectivity index (χ1) is 10.5. The fraction of sp³-hybridized carbons (Fsp3) is 0.133. The van der Waals surface area contributed by atoms with Crippen molar-refractivity contribution in [2.45, 2.75) is 6.10 Å². The summed E-state index contributed by atoms with van der Waals surface area (Å²) in [4.78, 5) is 11.6. The third-order valence-corrected chi connectivity index (χ3v) is 2.89. The number of aliphatic hydroxyl groups excluding tert-OH is 1. The highest BCUT2D eigenvalue weighted by atomic mass is 19.1. The highest BCUT2D eigenvalue weighted by molar-refractivity contribution is 5.89. The van der Waals surface area contributed by atoms with Gasteiger partial charge in [0.2, 0.25) is 0 Å². The summed E-state index contributed by atoms with van der Waals surface area (Å²) in [6.07, 6.45) is -1.04. The Balaban J connectivity index is 1.88. The minimum atomic E-state index is -1.04. The molecule has 2 rings (SSSR count). The van der Waals surface area contributed by atoms with Gasteiger partial charge in [0.25, 0.3) is 0 Å². The normalized spacial score (nSPS) is 11.8. The van der Waals surface area contributed by atoms with Crippen LogP contribution in [0.25, 0.3) is 0 Å². The molecule has 2 aromatic rings. The lowest BCUT2D eigenvalue weighted by Crippen LogP contribution is -2.32. The average Bonchev–Trinajstić information content (AvgIpc) is 2.48. The van der Waals surface area contributed by atoms with Crippen LogP contribution in [-0.2, 0) is 0 Å². The van der Waals surface area contributed by atoms with E-state index < -0.39 is 29.6 Å². The van der Waals surface area contributed by atoms with E-state index in [0.29, 0.717) is 11.6 Å². The molecule has 2 aromatic carbocycles. The van der Waals surface area contributed by atoms with E-state index in [-0.39, 0.29) is 12.2 Å². The first-order valence-corrected chi connectivity index (χ1v) is 6.39. The van der Waals surface area contributed by atoms with Crippen molar-refractivity contribution in [1.82, 2.24) is 5.32 Å². The van der Waals surface area contributed by atoms with Gasteiger partial charge in [-0.2, -0.15) is 0 Å². The third kappa shape index (κ3) is 4.23. The molecule has 0 fully saturated rings. The van der Waals surface area contributed by atoms with Crippen molar-refractivity contribution in [1.29, 1.82) is 0 Å². The van der Waals surface area contributed by atoms with Crippen LogP contribution in [0.3, 0.4) is 0 Å². The zero-order chi connectivity index (χ0) is 16.1. The van der Waals surface area contributed by atoms with Crippen LogP contribution in [-0.4, -0.2) is 17.7 Å². The molecule has 116 valence electrons. The standard InChI is InChI=1S/C15H13F3N2O2/c16-10-3-1-9(2-4-10)14(21)8-19-15(22)20-13-6-5-11(17)7-12(13)18/h1-7,14,21H,8H2,(H2,19,20,22). The lowest BCUT2D eigenvalue weighted by atomic mass is 10.1. The van der Waals surface area contributed by atoms with Gasteiger partial charge in [0.05, 0.1) is 11.8 Å². The minimum Gasteiger partial charge on any atom is -0.387 e. The van der Waals surface area contributed by atoms with Crippen molar-refractivity contribution < 1.29 is 23.1 Å². The summed E-state index contributed by atoms with van der Waals surface area (Å²) in [7, 11) is 0. The quantitative estimate of drug-likeness (QED) is 0.813. The molecule has 0 aliphatic heterocycles. The Morgan fingerprint density at radius 3 is 2.32 bits per heavy atom. The number of nitrogens with one attached hydrogen (secondary N) is 2. The van der Waals surface area contributed by atoms with Crippen molar-refractivity contribution in [2.75, 3.05) is 11.9 Å². The van der Waals surface area contributed by atoms with Crippen molar-refractivity contribution in [3.63, 3.8) is 0 Å². The smallest absolute Gasteiger partial charge is 0.319 e. The van der Waals surface area contributed by atoms with Crippen molar-refractivity contribution in [3.05, 3.63) is 65.5 Å². The lowest BCUT2D eigenvalue weighted by Gasteiger charge is -2.13. The van der Waals surface area contributed by atoms with Crippen molar-refractivity contribution in [2.24, 2.45) is 0 Å². The zero-order valence-electron chi connectivity index (χ0n) is 11.3. The van der Waals surface area contributed by atoms with E-state index in [1.165, 1.54) is 24.3 Å². The van der Waals surface area contributed by atoms with Crippen LogP contribution < -0.4 is 10.6 Å². The predicted molar refractivity (Wildman–Crippen MR) is 74.7 cm³/mol. The Hall–Kier alpha value is -2.54. The second kappa shape index (κ2) is 6.95. The molecule has 0 saturated heterocycles. The molecule has 0 spiro atoms. The average molecular weight is 310 g/mol. The summed E-state index contributed by atoms with van der Waals surface area (Å²) in [5.41, 5.74) is 0.241. The fourth-order valence-corrected chi connectivity index (χ4v) is 1.75. The Kier molecular flexibility index (Phi) is 5.00. The summed E-state index contributed by atoms with van der Waals surface area (Å²) >= 11 is 0. The number of rotatable bonds is 4. The highest BCUT2D eigenvalue weighted by Gasteiger charge is 2.11. The molecular weight excluding hydrogens is 297 g/mol. The van der Waals surface area contributed by atoms with Crippen LogP contribution in [0.5, 0.6) is 0 Å². The number of anilines is 1. The number of aliphatic hydroxyl groups is 1. The predicted octanol–water partition coefficient (Wildman–Crippen LogP) is 2.96. The maximum Gasteiger partial charge on any atom is 0.319 e. The van der Waals surface area contributed by atoms with Gasteiger partial charge in [-0.3, -0.25) is 0 Å². The van der Waals surface area contributed by atoms with Gasteiger partial charge in [-0.25, -0.2) is 18.0 Å². The molecule has 22 heavy (non-hydrogen) atoms. The molecule has 0 saturated carbocycles. The SMILES string of the molecule is O=C(NCC(O)c1ccc(F)cc1)Nc1ccc(F)cc1F. The van der Waals surface area contributed by atoms with E-state index >= 15 is 0 Å². The fourth-order valence-electron chi connectivity index (χ4n) is 1.75. The van der Waals surface area contributed by atoms with Crippen LogP contribution in [0.2, 0.25) is 0 Å². The molecule has 2 amide bonds. The molecule has 0 aliphatic rings. The number of hydrogen-bond acceptors (Lipinski definition) is 2. The summed E-state index contributed by atoms with van der Waals surface area (Å²) in [5.74, 6) is -2.10. The monoisotopic (exact) mass is 310 g/mol. The van der Waals surface area contributed by atoms with Crippen molar-refractivity contribution >= 4 is 11.7 Å². The number of benzene rings is 2. The van der Waals surface area contributed by atoms with E-state index in [1.807, 2.05) is 0 Å². The maximum atomic E-state index is 13.3. The molecule has 1 atom stereocenters. The topological polar surface area (TPSA) is 61.4 Å². The Morgan fingerprint density at radius 2 is 1.68 bits per heavy atom. The van der Waals surface area contributed by atoms with Gasteiger partial charge in [0.1, 0.15) is 17.5 Å². The first kappa shape index (κ1) is 15.8. The van der Waals surface area contributed by atoms with Gasteiger partial charge in [0, 0.05) is 12.6 Å². The minimum absolute atomic E-state index is 0.153. The van der Waals surface area contributed by atoms with Crippen LogP contribution >= 0.6 is 0 Å². The number of amides is 2. The first-order valence-electron chi connectivity index (χ1n) is 6.39. The second-order valence-electron chi connectivity index (χ2n) is 4.53. The molecule has 1 unspecified atom stereocenters. The van der Waals surface area contributed by atoms with E-state index in [1.54, 1.807) is 0 Å². The molecule has 3 N–H and O–H groups in total. The Bertz CT molecular complexity index is 662. The lowest BCUT2D eigenvalue weighted by molar-refractivity contribution is 0.175. The van der Waals surface area contributed by atoms with Crippen LogP contribution in [0.4, 0.5) is 23.7 Å². The zero-order valence-corrected chi connectivity index (χ0v) is 11.3. The van der Waals surface area contributed by atoms with E-state index in [4.69, 9.17) is 0 Å². The molecular formula is C15H13F3N2O2. The number of carbonyl (C=O) groups is 1. The summed E-state index contributed by atoms with van der Waals surface area (Å²) in [6, 6.07) is 7.12. The number of halogens is 3. The summed E-state index contributed by atoms with van der Waals surface area (Å²) < 4.78 is 38.8. The van der Waals surface area contributed by atoms with E-state index in [2.05, 4.69) is 10.6 Å². The van der Waals surface area contributed by atoms with Gasteiger partial charge >= 0.3 is 6.03 Å². The Morgan fingerprint density at radius 1 is 1.05 bits per heavy atom. The van der Waals surface area contributed by atoms with Crippen LogP contribution in [0.1, 0.15) is 11.7 Å². The van der Waals surface area contributed by atoms with Gasteiger partial charge in [-0.15, -0.1) is 0 Å². The second-order valence-corrected chi connectivity index (χ2v) is 4.53. The molecule has 0 aliphatic carbocycles. The van der Waals surface area contributed by atoms with Gasteiger partial charge in [-0.1, -0.05) is 12.1 Å². The van der Waals surface area contributed by atoms with Gasteiger partial charge < -0.3 is 15.7 Å². The molecule has 0 aromatic heterocycles. The maximum absolute atomic E-state index is 13.3. The molecule has 0 bridgehead atoms. The molecule has 7 heteroatoms. The summed E-state index contributed by atoms with van der Waals surface area (Å²) in [6.45, 7) is -0.153. The number of urea groups is 1. The Labute approximate surface area is 124 Å². The number of hydrogen-bond donors (Lipinski definition) is 3. The highest BCUT2D eigenvalue weighted by Crippen LogP contribution is 2.15. The molecule has 0 heterocycles. The third-order valence-electron chi connectivity index (χ3n) is 2.89. The van der Waals surface area contributed by atoms with Crippen molar-refractivity contribution in [3.8, 4) is 0 Å². The van der Waals surface area contributed by atoms with Gasteiger partial charge in [0.15, 0.2) is 0 Å². The largest absolute Gasteiger partial charge is 0.387 e. The molecule has 4 nitrogen and oxygen atoms in total. The van der Waals surface area contributed by atoms with E-state index in [0.717, 1.165) is 12.1 Å². The van der Waals surface area contributed by atoms with Crippen LogP contribution in [0.15, 0.2) is 42.5 Å². The van der Waals surface area contributed by atoms with E-state index in [9.17, 15) is 23.1 Å². The summed E-state index contributed by atoms with van der Waals surface area (Å²) in [5, 5.41) is 14.4. The van der Waals surface area contributed by atoms with Gasteiger partial charge in [-0.05, 0) is 29.8 Å². The van der Waals surface area contributed by atoms with Crippen LogP contribution in [0, 0.1) is 17.5 Å². The molecule has 0 radical (unpaired) electrons. The number of carbonyl (C=O) groups excluding carboxylic acids is 1.